The lowest BCUT2D eigenvalue weighted by Gasteiger charge is -2.44. The molecule has 1 atom stereocenters. The number of aromatic nitrogens is 3. The van der Waals surface area contributed by atoms with Crippen molar-refractivity contribution in [1.82, 2.24) is 25.2 Å². The van der Waals surface area contributed by atoms with Gasteiger partial charge in [-0.3, -0.25) is 0 Å². The Hall–Kier alpha value is -1.66. The number of fused-ring (bicyclic) bond motifs is 4. The van der Waals surface area contributed by atoms with Gasteiger partial charge < -0.3 is 10.2 Å². The second-order valence-electron chi connectivity index (χ2n) is 5.68. The monoisotopic (exact) mass is 307 g/mol. The molecule has 3 aliphatic heterocycles. The number of amides is 1. The normalized spacial score (nSPS) is 27.3. The third-order valence-corrected chi connectivity index (χ3v) is 4.51. The first kappa shape index (κ1) is 14.3. The van der Waals surface area contributed by atoms with Crippen molar-refractivity contribution in [3.8, 4) is 0 Å². The van der Waals surface area contributed by atoms with Gasteiger partial charge in [-0.05, 0) is 44.0 Å². The maximum absolute atomic E-state index is 12.4. The molecule has 1 aromatic heterocycles. The van der Waals surface area contributed by atoms with Crippen LogP contribution < -0.4 is 5.32 Å². The summed E-state index contributed by atoms with van der Waals surface area (Å²) in [6.45, 7) is 3.30. The average molecular weight is 308 g/mol. The Bertz CT molecular complexity index is 650. The number of carbonyl (C=O) groups is 1. The van der Waals surface area contributed by atoms with E-state index < -0.39 is 0 Å². The predicted octanol–water partition coefficient (Wildman–Crippen LogP) is 1.50. The number of benzene rings is 1. The first-order valence-electron chi connectivity index (χ1n) is 7.15. The fourth-order valence-corrected chi connectivity index (χ4v) is 3.37. The van der Waals surface area contributed by atoms with Crippen molar-refractivity contribution in [2.45, 2.75) is 18.9 Å². The van der Waals surface area contributed by atoms with E-state index in [4.69, 9.17) is 0 Å². The van der Waals surface area contributed by atoms with Crippen molar-refractivity contribution >= 4 is 29.5 Å². The van der Waals surface area contributed by atoms with Crippen LogP contribution in [-0.2, 0) is 0 Å². The maximum atomic E-state index is 12.4. The zero-order chi connectivity index (χ0) is 13.5. The summed E-state index contributed by atoms with van der Waals surface area (Å²) in [6, 6.07) is 7.59. The zero-order valence-electron chi connectivity index (χ0n) is 11.6. The standard InChI is InChI=1S/C14H17N5O.ClH/c20-14(15-12-9-18-7-5-10(12)6-8-18)19-13-4-2-1-3-11(13)16-17-19;/h1-4,10,12H,5-9H2,(H,15,20);1H. The lowest BCUT2D eigenvalue weighted by atomic mass is 9.84. The van der Waals surface area contributed by atoms with Gasteiger partial charge in [-0.1, -0.05) is 17.3 Å². The number of halogens is 1. The molecule has 2 aromatic rings. The number of hydrogen-bond donors (Lipinski definition) is 1. The lowest BCUT2D eigenvalue weighted by Crippen LogP contribution is -2.57. The molecule has 0 radical (unpaired) electrons. The molecule has 21 heavy (non-hydrogen) atoms. The summed E-state index contributed by atoms with van der Waals surface area (Å²) in [5, 5.41) is 11.1. The zero-order valence-corrected chi connectivity index (χ0v) is 12.4. The van der Waals surface area contributed by atoms with Crippen molar-refractivity contribution in [3.05, 3.63) is 24.3 Å². The van der Waals surface area contributed by atoms with E-state index in [0.717, 1.165) is 17.6 Å². The molecular weight excluding hydrogens is 290 g/mol. The molecule has 0 spiro atoms. The van der Waals surface area contributed by atoms with Crippen LogP contribution in [0.4, 0.5) is 4.79 Å². The van der Waals surface area contributed by atoms with Gasteiger partial charge in [-0.2, -0.15) is 4.68 Å². The van der Waals surface area contributed by atoms with E-state index in [1.54, 1.807) is 0 Å². The van der Waals surface area contributed by atoms with Crippen molar-refractivity contribution in [3.63, 3.8) is 0 Å². The van der Waals surface area contributed by atoms with Crippen LogP contribution in [0.1, 0.15) is 12.8 Å². The van der Waals surface area contributed by atoms with E-state index in [1.807, 2.05) is 24.3 Å². The quantitative estimate of drug-likeness (QED) is 0.867. The van der Waals surface area contributed by atoms with Gasteiger partial charge in [0.2, 0.25) is 0 Å². The van der Waals surface area contributed by atoms with E-state index in [9.17, 15) is 4.79 Å². The Morgan fingerprint density at radius 3 is 2.71 bits per heavy atom. The molecule has 1 unspecified atom stereocenters. The minimum atomic E-state index is -0.169. The van der Waals surface area contributed by atoms with E-state index in [-0.39, 0.29) is 24.5 Å². The van der Waals surface area contributed by atoms with Gasteiger partial charge >= 0.3 is 6.03 Å². The largest absolute Gasteiger partial charge is 0.344 e. The molecule has 1 N–H and O–H groups in total. The number of para-hydroxylation sites is 1. The molecular formula is C14H18ClN5O. The molecule has 3 fully saturated rings. The number of rotatable bonds is 1. The highest BCUT2D eigenvalue weighted by atomic mass is 35.5. The van der Waals surface area contributed by atoms with Crippen LogP contribution in [0, 0.1) is 5.92 Å². The topological polar surface area (TPSA) is 63.1 Å². The number of nitrogens with zero attached hydrogens (tertiary/aromatic N) is 4. The van der Waals surface area contributed by atoms with Crippen LogP contribution in [0.5, 0.6) is 0 Å². The molecule has 5 rings (SSSR count). The highest BCUT2D eigenvalue weighted by Gasteiger charge is 2.35. The van der Waals surface area contributed by atoms with Crippen molar-refractivity contribution in [2.75, 3.05) is 19.6 Å². The number of carbonyl (C=O) groups excluding carboxylic acids is 1. The van der Waals surface area contributed by atoms with Crippen LogP contribution in [0.2, 0.25) is 0 Å². The number of nitrogens with one attached hydrogen (secondary N) is 1. The van der Waals surface area contributed by atoms with Crippen LogP contribution in [0.3, 0.4) is 0 Å². The lowest BCUT2D eigenvalue weighted by molar-refractivity contribution is 0.0765. The van der Waals surface area contributed by atoms with Gasteiger partial charge in [0, 0.05) is 12.6 Å². The second-order valence-corrected chi connectivity index (χ2v) is 5.68. The maximum Gasteiger partial charge on any atom is 0.344 e. The highest BCUT2D eigenvalue weighted by molar-refractivity contribution is 5.87. The molecule has 7 heteroatoms. The molecule has 3 saturated heterocycles. The molecule has 0 aliphatic carbocycles. The van der Waals surface area contributed by atoms with Crippen molar-refractivity contribution in [1.29, 1.82) is 0 Å². The summed E-state index contributed by atoms with van der Waals surface area (Å²) in [6.07, 6.45) is 2.37. The Morgan fingerprint density at radius 1 is 1.24 bits per heavy atom. The van der Waals surface area contributed by atoms with E-state index >= 15 is 0 Å². The van der Waals surface area contributed by atoms with Crippen LogP contribution in [-0.4, -0.2) is 51.6 Å². The molecule has 112 valence electrons. The third kappa shape index (κ3) is 2.49. The van der Waals surface area contributed by atoms with Gasteiger partial charge in [0.1, 0.15) is 5.52 Å². The SMILES string of the molecule is Cl.O=C(NC1CN2CCC1CC2)n1nnc2ccccc21. The summed E-state index contributed by atoms with van der Waals surface area (Å²) in [5.74, 6) is 0.610. The van der Waals surface area contributed by atoms with Gasteiger partial charge in [0.05, 0.1) is 5.52 Å². The van der Waals surface area contributed by atoms with Crippen molar-refractivity contribution in [2.24, 2.45) is 5.92 Å². The van der Waals surface area contributed by atoms with Crippen LogP contribution in [0.25, 0.3) is 11.0 Å². The van der Waals surface area contributed by atoms with Gasteiger partial charge in [0.15, 0.2) is 0 Å². The summed E-state index contributed by atoms with van der Waals surface area (Å²) >= 11 is 0. The predicted molar refractivity (Wildman–Crippen MR) is 81.7 cm³/mol. The molecule has 2 bridgehead atoms. The Labute approximate surface area is 128 Å². The second kappa shape index (κ2) is 5.61. The Morgan fingerprint density at radius 2 is 2.00 bits per heavy atom. The van der Waals surface area contributed by atoms with E-state index in [2.05, 4.69) is 20.5 Å². The third-order valence-electron chi connectivity index (χ3n) is 4.51. The molecule has 6 nitrogen and oxygen atoms in total. The smallest absolute Gasteiger partial charge is 0.332 e. The van der Waals surface area contributed by atoms with Crippen LogP contribution >= 0.6 is 12.4 Å². The summed E-state index contributed by atoms with van der Waals surface area (Å²) in [7, 11) is 0. The highest BCUT2D eigenvalue weighted by Crippen LogP contribution is 2.27. The Kier molecular flexibility index (Phi) is 3.82. The number of hydrogen-bond acceptors (Lipinski definition) is 4. The first-order chi connectivity index (χ1) is 9.81. The fraction of sp³-hybridized carbons (Fsp3) is 0.500. The summed E-state index contributed by atoms with van der Waals surface area (Å²) in [4.78, 5) is 14.8. The first-order valence-corrected chi connectivity index (χ1v) is 7.15. The minimum absolute atomic E-state index is 0. The van der Waals surface area contributed by atoms with Crippen LogP contribution in [0.15, 0.2) is 24.3 Å². The van der Waals surface area contributed by atoms with Gasteiger partial charge in [-0.25, -0.2) is 4.79 Å². The molecule has 1 amide bonds. The molecule has 1 aromatic carbocycles. The average Bonchev–Trinajstić information content (AvgIpc) is 2.92. The minimum Gasteiger partial charge on any atom is -0.332 e. The van der Waals surface area contributed by atoms with Gasteiger partial charge in [-0.15, -0.1) is 17.5 Å². The summed E-state index contributed by atoms with van der Waals surface area (Å²) in [5.41, 5.74) is 1.50. The Balaban J connectivity index is 0.00000132. The molecule has 0 saturated carbocycles. The van der Waals surface area contributed by atoms with Crippen molar-refractivity contribution < 1.29 is 4.79 Å². The number of piperidine rings is 3. The van der Waals surface area contributed by atoms with Gasteiger partial charge in [0.25, 0.3) is 0 Å². The molecule has 4 heterocycles. The van der Waals surface area contributed by atoms with E-state index in [1.165, 1.54) is 30.6 Å². The molecule has 3 aliphatic rings. The summed E-state index contributed by atoms with van der Waals surface area (Å²) < 4.78 is 1.37. The fourth-order valence-electron chi connectivity index (χ4n) is 3.37. The van der Waals surface area contributed by atoms with E-state index in [0.29, 0.717) is 5.92 Å².